The summed E-state index contributed by atoms with van der Waals surface area (Å²) in [5.41, 5.74) is 10.4. The van der Waals surface area contributed by atoms with Crippen LogP contribution in [-0.2, 0) is 63.4 Å². The largest absolute Gasteiger partial charge is 0.414 e. The molecule has 6 aromatic carbocycles. The molecule has 40 heteroatoms. The monoisotopic (exact) mass is 1720 g/mol. The van der Waals surface area contributed by atoms with Crippen molar-refractivity contribution in [3.8, 4) is 67.2 Å². The Balaban J connectivity index is 0.000000155. The average molecular weight is 1720 g/mol. The summed E-state index contributed by atoms with van der Waals surface area (Å²) in [4.78, 5) is 60.6. The normalized spacial score (nSPS) is 11.8. The maximum Gasteiger partial charge on any atom is 0.414 e. The zero-order valence-electron chi connectivity index (χ0n) is 59.2. The minimum atomic E-state index is -5.07. The van der Waals surface area contributed by atoms with Crippen molar-refractivity contribution in [1.29, 1.82) is 0 Å². The summed E-state index contributed by atoms with van der Waals surface area (Å²) < 4.78 is 109. The lowest BCUT2D eigenvalue weighted by Crippen LogP contribution is -2.20. The molecule has 0 radical (unpaired) electrons. The number of nitrogens with zero attached hydrogens (tertiary/aromatic N) is 12. The standard InChI is InChI=1S/2C25H21N6O5PS.C25H20N6O2S.Cl3OP/c2*32-37(33,34)31-38(35,36)20-13-18(14-26-16-20)24-22-11-6-10-21(17-7-2-1-3-8-17)23(22)25(30-29-24)28-15-19-9-4-5-12-27-19;26-34(32,33)20-13-18(14-27-16-20)24-22-11-6-10-21(17-7-2-1-3-8-17)23(22)25(31-30-24)29-15-19-9-4-5-12-28-19;1-5(2,3)4/h2*1-14,16H,15H2,(H,28,30)(H3,31,32,33,34);1-14,16H,15H2,(H,29,31)(H2,26,32,33);. The number of hydrogen-bond acceptors (Lipinski definition) is 24. The zero-order chi connectivity index (χ0) is 81.6. The van der Waals surface area contributed by atoms with Crippen molar-refractivity contribution in [2.75, 3.05) is 16.0 Å². The first kappa shape index (κ1) is 83.2. The summed E-state index contributed by atoms with van der Waals surface area (Å²) in [6.45, 7) is 1.27. The van der Waals surface area contributed by atoms with Gasteiger partial charge in [-0.05, 0) is 122 Å². The molecule has 9 heterocycles. The van der Waals surface area contributed by atoms with E-state index in [0.717, 1.165) is 84.4 Å². The number of anilines is 3. The van der Waals surface area contributed by atoms with E-state index in [9.17, 15) is 38.9 Å². The van der Waals surface area contributed by atoms with Crippen molar-refractivity contribution >= 4 is 134 Å². The van der Waals surface area contributed by atoms with E-state index in [1.54, 1.807) is 24.8 Å². The quantitative estimate of drug-likeness (QED) is 0.0282. The van der Waals surface area contributed by atoms with Gasteiger partial charge in [-0.3, -0.25) is 34.5 Å². The predicted molar refractivity (Wildman–Crippen MR) is 441 cm³/mol. The van der Waals surface area contributed by atoms with Gasteiger partial charge in [0.1, 0.15) is 31.8 Å². The number of pyridine rings is 6. The molecule has 15 aromatic rings. The number of aromatic nitrogens is 12. The minimum absolute atomic E-state index is 0.0866. The highest BCUT2D eigenvalue weighted by atomic mass is 36.0. The summed E-state index contributed by atoms with van der Waals surface area (Å²) in [6.07, 6.45) is 12.7. The molecule has 0 fully saturated rings. The van der Waals surface area contributed by atoms with E-state index in [2.05, 4.69) is 110 Å². The Hall–Kier alpha value is -11.2. The lowest BCUT2D eigenvalue weighted by Gasteiger charge is -2.15. The van der Waals surface area contributed by atoms with Gasteiger partial charge in [-0.2, -0.15) is 0 Å². The Kier molecular flexibility index (Phi) is 26.4. The third-order valence-electron chi connectivity index (χ3n) is 16.5. The van der Waals surface area contributed by atoms with Crippen molar-refractivity contribution < 1.29 is 58.5 Å². The molecule has 0 amide bonds. The van der Waals surface area contributed by atoms with Gasteiger partial charge in [0.25, 0.3) is 20.0 Å². The van der Waals surface area contributed by atoms with Crippen LogP contribution in [0.4, 0.5) is 17.5 Å². The highest BCUT2D eigenvalue weighted by molar-refractivity contribution is 8.24. The number of hydrogen-bond donors (Lipinski definition) is 10. The number of fused-ring (bicyclic) bond motifs is 3. The molecule has 0 bridgehead atoms. The summed E-state index contributed by atoms with van der Waals surface area (Å²) in [5, 5.41) is 43.1. The lowest BCUT2D eigenvalue weighted by atomic mass is 9.97. The van der Waals surface area contributed by atoms with Crippen LogP contribution < -0.4 is 30.1 Å². The summed E-state index contributed by atoms with van der Waals surface area (Å²) in [5.74, 6) is 1.61. The number of nitrogens with two attached hydrogens (primary N) is 1. The van der Waals surface area contributed by atoms with Gasteiger partial charge in [-0.15, -0.1) is 39.6 Å². The smallest absolute Gasteiger partial charge is 0.362 e. The molecule has 0 unspecified atom stereocenters. The Morgan fingerprint density at radius 1 is 0.339 bits per heavy atom. The molecular weight excluding hydrogens is 1660 g/mol. The van der Waals surface area contributed by atoms with Crippen molar-refractivity contribution in [2.45, 2.75) is 34.3 Å². The summed E-state index contributed by atoms with van der Waals surface area (Å²) >= 11 is 13.8. The SMILES string of the molecule is NS(=O)(=O)c1cncc(-c2nnc(NCc3ccccn3)c3c(-c4ccccc4)cccc23)c1.O=P(Cl)(Cl)Cl.O=P(O)(O)NS(=O)(=O)c1cncc(-c2nnc(NCc3ccccn3)c3c(-c4ccccc4)cccc23)c1.O=P(O)(O)NS(=O)(=O)c1cncc(-c2nnc(NCc3ccccn3)c3c(-c4ccccc4)cccc23)c1. The fraction of sp³-hybridized carbons (Fsp3) is 0.0400. The molecule has 0 spiro atoms. The first-order valence-corrected chi connectivity index (χ1v) is 45.8. The van der Waals surface area contributed by atoms with Crippen molar-refractivity contribution in [2.24, 2.45) is 5.14 Å². The molecule has 0 saturated heterocycles. The van der Waals surface area contributed by atoms with Gasteiger partial charge in [0.2, 0.25) is 10.0 Å². The number of rotatable bonds is 22. The number of halogens is 3. The highest BCUT2D eigenvalue weighted by Gasteiger charge is 2.29. The third-order valence-corrected chi connectivity index (χ3v) is 22.9. The van der Waals surface area contributed by atoms with Crippen LogP contribution in [0.5, 0.6) is 0 Å². The second kappa shape index (κ2) is 36.5. The topological polar surface area (TPSA) is 475 Å². The van der Waals surface area contributed by atoms with Gasteiger partial charge in [-0.1, -0.05) is 164 Å². The van der Waals surface area contributed by atoms with E-state index in [0.29, 0.717) is 81.6 Å². The van der Waals surface area contributed by atoms with Gasteiger partial charge >= 0.3 is 20.7 Å². The molecule has 11 N–H and O–H groups in total. The van der Waals surface area contributed by atoms with Crippen molar-refractivity contribution in [3.05, 3.63) is 291 Å². The second-order valence-electron chi connectivity index (χ2n) is 24.4. The van der Waals surface area contributed by atoms with E-state index in [1.165, 1.54) is 45.8 Å². The Bertz CT molecular complexity index is 6270. The van der Waals surface area contributed by atoms with Gasteiger partial charge in [-0.25, -0.2) is 39.5 Å². The molecule has 9 aromatic heterocycles. The number of benzene rings is 6. The van der Waals surface area contributed by atoms with E-state index in [4.69, 9.17) is 24.7 Å². The van der Waals surface area contributed by atoms with Crippen LogP contribution in [0.1, 0.15) is 17.1 Å². The molecule has 115 heavy (non-hydrogen) atoms. The van der Waals surface area contributed by atoms with E-state index in [1.807, 2.05) is 200 Å². The molecule has 31 nitrogen and oxygen atoms in total. The van der Waals surface area contributed by atoms with Crippen LogP contribution in [0.15, 0.2) is 289 Å². The fourth-order valence-electron chi connectivity index (χ4n) is 11.8. The van der Waals surface area contributed by atoms with Gasteiger partial charge in [0.15, 0.2) is 17.5 Å². The first-order chi connectivity index (χ1) is 54.9. The third kappa shape index (κ3) is 22.2. The molecule has 0 saturated carbocycles. The van der Waals surface area contributed by atoms with Crippen LogP contribution in [0.25, 0.3) is 99.5 Å². The van der Waals surface area contributed by atoms with E-state index in [-0.39, 0.29) is 4.90 Å². The van der Waals surface area contributed by atoms with Crippen molar-refractivity contribution in [1.82, 2.24) is 69.5 Å². The summed E-state index contributed by atoms with van der Waals surface area (Å²) in [7, 11) is -23.1. The molecule has 584 valence electrons. The molecule has 15 rings (SSSR count). The van der Waals surface area contributed by atoms with E-state index < -0.39 is 60.6 Å². The van der Waals surface area contributed by atoms with Crippen molar-refractivity contribution in [3.63, 3.8) is 0 Å². The maximum atomic E-state index is 12.5. The molecule has 0 aliphatic rings. The van der Waals surface area contributed by atoms with Gasteiger partial charge < -0.3 is 35.5 Å². The van der Waals surface area contributed by atoms with Crippen LogP contribution in [0.3, 0.4) is 0 Å². The fourth-order valence-corrected chi connectivity index (χ4v) is 16.6. The Labute approximate surface area is 671 Å². The van der Waals surface area contributed by atoms with E-state index >= 15 is 0 Å². The molecular formula is C75H62Cl3N18O13P3S3. The first-order valence-electron chi connectivity index (χ1n) is 33.7. The molecule has 0 aliphatic heterocycles. The minimum Gasteiger partial charge on any atom is -0.362 e. The maximum absolute atomic E-state index is 12.5. The Morgan fingerprint density at radius 3 is 0.887 bits per heavy atom. The number of sulfonamides is 3. The lowest BCUT2D eigenvalue weighted by molar-refractivity contribution is 0.365. The average Bonchev–Trinajstić information content (AvgIpc) is 0.768. The van der Waals surface area contributed by atoms with Crippen LogP contribution in [0.2, 0.25) is 0 Å². The highest BCUT2D eigenvalue weighted by Crippen LogP contribution is 2.61. The van der Waals surface area contributed by atoms with Gasteiger partial charge in [0, 0.05) is 105 Å². The number of nitrogens with one attached hydrogen (secondary N) is 5. The second-order valence-corrected chi connectivity index (χ2v) is 39.2. The van der Waals surface area contributed by atoms with Gasteiger partial charge in [0.05, 0.1) is 36.7 Å². The predicted octanol–water partition coefficient (Wildman–Crippen LogP) is 14.3. The summed E-state index contributed by atoms with van der Waals surface area (Å²) in [6, 6.07) is 67.5. The molecule has 0 aliphatic carbocycles. The van der Waals surface area contributed by atoms with Crippen LogP contribution in [0, 0.1) is 0 Å². The van der Waals surface area contributed by atoms with Crippen LogP contribution in [-0.4, -0.2) is 105 Å². The van der Waals surface area contributed by atoms with Crippen LogP contribution >= 0.6 is 54.4 Å². The number of primary sulfonamides is 1. The molecule has 0 atom stereocenters. The Morgan fingerprint density at radius 2 is 0.617 bits per heavy atom. The zero-order valence-corrected chi connectivity index (χ0v) is 66.6.